The van der Waals surface area contributed by atoms with Gasteiger partial charge in [-0.15, -0.1) is 0 Å². The van der Waals surface area contributed by atoms with E-state index in [9.17, 15) is 89.3 Å². The maximum Gasteiger partial charge on any atom is 0.305 e. The monoisotopic (exact) mass is 1350 g/mol. The number of Topliss-reactive ketones (excluding diaryl/α,β-unsaturated/α-hetero) is 4. The van der Waals surface area contributed by atoms with Crippen LogP contribution in [0.25, 0.3) is 10.9 Å². The number of carboxylic acid groups (broad SMARTS) is 3. The summed E-state index contributed by atoms with van der Waals surface area (Å²) in [6.07, 6.45) is -1.77. The Balaban J connectivity index is 1.24. The largest absolute Gasteiger partial charge is 0.497 e. The number of benzene rings is 4. The van der Waals surface area contributed by atoms with E-state index in [2.05, 4.69) is 25.7 Å². The minimum absolute atomic E-state index is 0.0683. The highest BCUT2D eigenvalue weighted by atomic mass is 32.2. The second kappa shape index (κ2) is 37.6. The standard InChI is InChI=1S/C65H80FN7O19S2/c1-92-50-23-25-52(26-24-50)94(90,91)73-56(38-61(82)83)58(77)37-44(22-28-60(80)81)64(86)70-40-49(75)34-45(31-41-13-12-15-47(66)32-41)65(87)72-55(35-46-39-69-54-20-8-7-19-53(46)54)57(76)36-43(21-27-59(78)79)63(85)68-29-10-3-4-16-48(74)33-42(62(67)84)14-9-11-30-71-93(88,89)51-17-5-2-6-18-51/h2,5-8,12-13,15,17-20,23-26,32,39,42-45,55-56,69,71,73H,3-4,9-11,14,16,21-22,27-31,33-38,40H2,1H3,(H2,67,84)(H,68,85)(H,70,86)(H,72,87)(H,78,79)(H,80,81)(H,82,83)/t42-,43-,44-,45-,55+,56-/m1/s1. The van der Waals surface area contributed by atoms with Crippen molar-refractivity contribution in [3.05, 3.63) is 126 Å². The molecule has 94 heavy (non-hydrogen) atoms. The molecule has 4 aromatic carbocycles. The molecule has 0 radical (unpaired) electrons. The van der Waals surface area contributed by atoms with Gasteiger partial charge in [-0.1, -0.05) is 61.4 Å². The molecule has 0 fully saturated rings. The number of rotatable bonds is 46. The number of hydrogen-bond acceptors (Lipinski definition) is 16. The Bertz CT molecular complexity index is 3700. The number of hydrogen-bond donors (Lipinski definition) is 10. The highest BCUT2D eigenvalue weighted by Gasteiger charge is 2.35. The van der Waals surface area contributed by atoms with Gasteiger partial charge in [0, 0.05) is 105 Å². The molecule has 29 heteroatoms. The number of ketones is 4. The fourth-order valence-corrected chi connectivity index (χ4v) is 12.8. The molecule has 5 aromatic rings. The third kappa shape index (κ3) is 25.8. The van der Waals surface area contributed by atoms with Gasteiger partial charge >= 0.3 is 17.9 Å². The van der Waals surface area contributed by atoms with Gasteiger partial charge < -0.3 is 46.7 Å². The van der Waals surface area contributed by atoms with E-state index in [0.717, 1.165) is 24.3 Å². The van der Waals surface area contributed by atoms with Crippen molar-refractivity contribution in [3.8, 4) is 5.75 Å². The average Bonchev–Trinajstić information content (AvgIpc) is 1.57. The van der Waals surface area contributed by atoms with Gasteiger partial charge in [-0.2, -0.15) is 0 Å². The van der Waals surface area contributed by atoms with Gasteiger partial charge in [0.25, 0.3) is 0 Å². The van der Waals surface area contributed by atoms with Crippen molar-refractivity contribution in [3.63, 3.8) is 0 Å². The van der Waals surface area contributed by atoms with E-state index >= 15 is 0 Å². The molecule has 0 saturated carbocycles. The first-order valence-corrected chi connectivity index (χ1v) is 33.5. The van der Waals surface area contributed by atoms with E-state index in [1.54, 1.807) is 48.7 Å². The number of aliphatic carboxylic acids is 3. The molecule has 0 aliphatic heterocycles. The smallest absolute Gasteiger partial charge is 0.305 e. The number of carboxylic acids is 3. The van der Waals surface area contributed by atoms with Crippen molar-refractivity contribution < 1.29 is 94.0 Å². The third-order valence-corrected chi connectivity index (χ3v) is 18.6. The number of aromatic nitrogens is 1. The van der Waals surface area contributed by atoms with Crippen molar-refractivity contribution in [1.82, 2.24) is 30.4 Å². The normalized spacial score (nSPS) is 13.5. The Morgan fingerprint density at radius 2 is 1.16 bits per heavy atom. The van der Waals surface area contributed by atoms with Crippen molar-refractivity contribution >= 4 is 95.6 Å². The molecule has 1 heterocycles. The number of carbonyl (C=O) groups is 11. The lowest BCUT2D eigenvalue weighted by Gasteiger charge is -2.24. The molecule has 0 spiro atoms. The van der Waals surface area contributed by atoms with Gasteiger partial charge in [-0.25, -0.2) is 30.7 Å². The molecular formula is C65H80FN7O19S2. The summed E-state index contributed by atoms with van der Waals surface area (Å²) in [4.78, 5) is 148. The van der Waals surface area contributed by atoms with Crippen LogP contribution in [0.5, 0.6) is 5.75 Å². The van der Waals surface area contributed by atoms with Crippen molar-refractivity contribution in [1.29, 1.82) is 0 Å². The van der Waals surface area contributed by atoms with Crippen molar-refractivity contribution in [2.75, 3.05) is 26.7 Å². The summed E-state index contributed by atoms with van der Waals surface area (Å²) in [7, 11) is -6.93. The number of methoxy groups -OCH3 is 1. The maximum atomic E-state index is 14.7. The lowest BCUT2D eigenvalue weighted by Crippen LogP contribution is -2.47. The molecule has 0 aliphatic carbocycles. The van der Waals surface area contributed by atoms with E-state index in [4.69, 9.17) is 10.5 Å². The Hall–Kier alpha value is -9.06. The molecule has 6 atom stereocenters. The number of amides is 4. The van der Waals surface area contributed by atoms with Gasteiger partial charge in [-0.3, -0.25) is 52.7 Å². The van der Waals surface area contributed by atoms with Crippen molar-refractivity contribution in [2.24, 2.45) is 29.4 Å². The maximum absolute atomic E-state index is 14.7. The fourth-order valence-electron chi connectivity index (χ4n) is 10.5. The fraction of sp³-hybridized carbons (Fsp3) is 0.431. The predicted molar refractivity (Wildman–Crippen MR) is 339 cm³/mol. The van der Waals surface area contributed by atoms with E-state index in [1.165, 1.54) is 43.5 Å². The number of nitrogens with two attached hydrogens (primary N) is 1. The summed E-state index contributed by atoms with van der Waals surface area (Å²) < 4.78 is 75.8. The minimum atomic E-state index is -4.55. The first-order chi connectivity index (χ1) is 44.6. The molecule has 0 aliphatic rings. The summed E-state index contributed by atoms with van der Waals surface area (Å²) in [5.74, 6) is -15.7. The average molecular weight is 1350 g/mol. The van der Waals surface area contributed by atoms with Gasteiger partial charge in [0.15, 0.2) is 17.3 Å². The quantitative estimate of drug-likeness (QED) is 0.0232. The number of ether oxygens (including phenoxy) is 1. The number of H-pyrrole nitrogens is 1. The van der Waals surface area contributed by atoms with Crippen LogP contribution in [0.3, 0.4) is 0 Å². The minimum Gasteiger partial charge on any atom is -0.497 e. The van der Waals surface area contributed by atoms with Gasteiger partial charge in [-0.05, 0) is 111 Å². The number of para-hydroxylation sites is 1. The zero-order chi connectivity index (χ0) is 69.0. The van der Waals surface area contributed by atoms with Crippen LogP contribution in [0.2, 0.25) is 0 Å². The van der Waals surface area contributed by atoms with Crippen LogP contribution in [0, 0.1) is 29.5 Å². The highest BCUT2D eigenvalue weighted by molar-refractivity contribution is 7.89. The molecule has 508 valence electrons. The number of nitrogens with one attached hydrogen (secondary N) is 6. The zero-order valence-corrected chi connectivity index (χ0v) is 53.5. The summed E-state index contributed by atoms with van der Waals surface area (Å²) in [5.41, 5.74) is 7.06. The Labute approximate surface area is 543 Å². The molecule has 11 N–H and O–H groups in total. The highest BCUT2D eigenvalue weighted by Crippen LogP contribution is 2.25. The van der Waals surface area contributed by atoms with Crippen LogP contribution in [0.15, 0.2) is 119 Å². The number of carbonyl (C=O) groups excluding carboxylic acids is 8. The first kappa shape index (κ1) is 75.7. The van der Waals surface area contributed by atoms with Crippen LogP contribution < -0.4 is 35.9 Å². The molecule has 4 amide bonds. The number of unbranched alkanes of at least 4 members (excludes halogenated alkanes) is 3. The molecule has 5 rings (SSSR count). The second-order valence-corrected chi connectivity index (χ2v) is 26.3. The predicted octanol–water partition coefficient (Wildman–Crippen LogP) is 4.87. The molecule has 0 bridgehead atoms. The molecule has 0 unspecified atom stereocenters. The number of halogens is 1. The van der Waals surface area contributed by atoms with Gasteiger partial charge in [0.2, 0.25) is 43.7 Å². The van der Waals surface area contributed by atoms with Crippen LogP contribution in [0.4, 0.5) is 4.39 Å². The summed E-state index contributed by atoms with van der Waals surface area (Å²) in [6.45, 7) is -0.640. The van der Waals surface area contributed by atoms with E-state index in [1.807, 2.05) is 4.72 Å². The van der Waals surface area contributed by atoms with E-state index < -0.39 is 172 Å². The second-order valence-electron chi connectivity index (χ2n) is 22.8. The van der Waals surface area contributed by atoms with Crippen LogP contribution >= 0.6 is 0 Å². The van der Waals surface area contributed by atoms with Crippen LogP contribution in [-0.4, -0.2) is 141 Å². The lowest BCUT2D eigenvalue weighted by atomic mass is 9.89. The number of primary amides is 1. The number of sulfonamides is 2. The molecule has 26 nitrogen and oxygen atoms in total. The summed E-state index contributed by atoms with van der Waals surface area (Å²) >= 11 is 0. The molecular weight excluding hydrogens is 1270 g/mol. The topological polar surface area (TPSA) is 428 Å². The Kier molecular flexibility index (Phi) is 30.3. The lowest BCUT2D eigenvalue weighted by molar-refractivity contribution is -0.140. The van der Waals surface area contributed by atoms with Gasteiger partial charge in [0.1, 0.15) is 17.3 Å². The first-order valence-electron chi connectivity index (χ1n) is 30.5. The number of aromatic amines is 1. The SMILES string of the molecule is COc1ccc(S(=O)(=O)N[C@H](CC(=O)O)C(=O)C[C@@H](CCC(=O)O)C(=O)NCC(=O)C[C@@H](Cc2cccc(F)c2)C(=O)N[C@@H](Cc2c[nH]c3ccccc23)C(=O)C[C@@H](CCC(=O)O)C(=O)NCCCCCC(=O)C[C@@H](CCCCNS(=O)(=O)c2ccccc2)C(N)=O)cc1. The van der Waals surface area contributed by atoms with Crippen molar-refractivity contribution in [2.45, 2.75) is 137 Å². The third-order valence-electron chi connectivity index (χ3n) is 15.6. The number of fused-ring (bicyclic) bond motifs is 1. The van der Waals surface area contributed by atoms with E-state index in [0.29, 0.717) is 54.3 Å². The Morgan fingerprint density at radius 1 is 0.553 bits per heavy atom. The van der Waals surface area contributed by atoms with E-state index in [-0.39, 0.29) is 72.8 Å². The van der Waals surface area contributed by atoms with Crippen LogP contribution in [-0.2, 0) is 85.6 Å². The summed E-state index contributed by atoms with van der Waals surface area (Å²) in [6, 6.07) is 21.5. The summed E-state index contributed by atoms with van der Waals surface area (Å²) in [5, 5.41) is 37.3. The van der Waals surface area contributed by atoms with Crippen LogP contribution in [0.1, 0.15) is 114 Å². The molecule has 1 aromatic heterocycles. The van der Waals surface area contributed by atoms with Gasteiger partial charge in [0.05, 0.1) is 42.0 Å². The Morgan fingerprint density at radius 3 is 1.79 bits per heavy atom. The molecule has 0 saturated heterocycles. The zero-order valence-electron chi connectivity index (χ0n) is 51.9.